The Kier molecular flexibility index (Phi) is 5.25. The highest BCUT2D eigenvalue weighted by Gasteiger charge is 2.10. The maximum absolute atomic E-state index is 12.8. The number of carbonyl (C=O) groups excluding carboxylic acids is 1. The van der Waals surface area contributed by atoms with Crippen LogP contribution in [0.4, 0.5) is 10.1 Å². The summed E-state index contributed by atoms with van der Waals surface area (Å²) in [6.07, 6.45) is 2.86. The van der Waals surface area contributed by atoms with Crippen molar-refractivity contribution in [1.82, 2.24) is 4.72 Å². The van der Waals surface area contributed by atoms with E-state index in [1.165, 1.54) is 49.5 Å². The SMILES string of the molecule is CNS(=O)(=O)c1ccc(NC(=O)/C=C/c2ccc(F)cc2)cc1. The Morgan fingerprint density at radius 1 is 1.04 bits per heavy atom. The Morgan fingerprint density at radius 2 is 1.65 bits per heavy atom. The first-order valence-corrected chi connectivity index (χ1v) is 8.17. The van der Waals surface area contributed by atoms with Crippen LogP contribution in [0.2, 0.25) is 0 Å². The number of carbonyl (C=O) groups is 1. The lowest BCUT2D eigenvalue weighted by atomic mass is 10.2. The van der Waals surface area contributed by atoms with E-state index in [0.717, 1.165) is 0 Å². The first kappa shape index (κ1) is 16.9. The zero-order valence-corrected chi connectivity index (χ0v) is 13.1. The van der Waals surface area contributed by atoms with Gasteiger partial charge in [-0.25, -0.2) is 17.5 Å². The Labute approximate surface area is 133 Å². The molecule has 0 radical (unpaired) electrons. The molecule has 0 spiro atoms. The molecule has 0 aliphatic heterocycles. The van der Waals surface area contributed by atoms with Gasteiger partial charge >= 0.3 is 0 Å². The van der Waals surface area contributed by atoms with E-state index in [4.69, 9.17) is 0 Å². The van der Waals surface area contributed by atoms with E-state index in [0.29, 0.717) is 11.3 Å². The second-order valence-electron chi connectivity index (χ2n) is 4.61. The van der Waals surface area contributed by atoms with Gasteiger partial charge in [0.25, 0.3) is 0 Å². The lowest BCUT2D eigenvalue weighted by molar-refractivity contribution is -0.111. The molecule has 23 heavy (non-hydrogen) atoms. The normalized spacial score (nSPS) is 11.6. The molecule has 2 aromatic rings. The van der Waals surface area contributed by atoms with Gasteiger partial charge in [0.2, 0.25) is 15.9 Å². The maximum Gasteiger partial charge on any atom is 0.248 e. The van der Waals surface area contributed by atoms with Crippen molar-refractivity contribution in [3.63, 3.8) is 0 Å². The van der Waals surface area contributed by atoms with Crippen LogP contribution < -0.4 is 10.0 Å². The predicted molar refractivity (Wildman–Crippen MR) is 86.8 cm³/mol. The highest BCUT2D eigenvalue weighted by Crippen LogP contribution is 2.14. The number of hydrogen-bond donors (Lipinski definition) is 2. The van der Waals surface area contributed by atoms with Crippen LogP contribution in [-0.4, -0.2) is 21.4 Å². The fraction of sp³-hybridized carbons (Fsp3) is 0.0625. The van der Waals surface area contributed by atoms with Crippen LogP contribution in [0.25, 0.3) is 6.08 Å². The Balaban J connectivity index is 2.01. The van der Waals surface area contributed by atoms with E-state index in [-0.39, 0.29) is 16.6 Å². The molecular formula is C16H15FN2O3S. The van der Waals surface area contributed by atoms with Crippen LogP contribution in [0.15, 0.2) is 59.5 Å². The zero-order chi connectivity index (χ0) is 16.9. The van der Waals surface area contributed by atoms with E-state index in [2.05, 4.69) is 10.0 Å². The standard InChI is InChI=1S/C16H15FN2O3S/c1-18-23(21,22)15-9-7-14(8-10-15)19-16(20)11-4-12-2-5-13(17)6-3-12/h2-11,18H,1H3,(H,19,20)/b11-4+. The van der Waals surface area contributed by atoms with E-state index < -0.39 is 10.0 Å². The Morgan fingerprint density at radius 3 is 2.22 bits per heavy atom. The van der Waals surface area contributed by atoms with Gasteiger partial charge in [-0.2, -0.15) is 0 Å². The molecule has 0 unspecified atom stereocenters. The van der Waals surface area contributed by atoms with Crippen molar-refractivity contribution in [2.24, 2.45) is 0 Å². The van der Waals surface area contributed by atoms with Gasteiger partial charge in [0, 0.05) is 11.8 Å². The summed E-state index contributed by atoms with van der Waals surface area (Å²) >= 11 is 0. The van der Waals surface area contributed by atoms with Crippen molar-refractivity contribution >= 4 is 27.7 Å². The Hall–Kier alpha value is -2.51. The number of nitrogens with one attached hydrogen (secondary N) is 2. The van der Waals surface area contributed by atoms with Crippen molar-refractivity contribution in [2.75, 3.05) is 12.4 Å². The summed E-state index contributed by atoms with van der Waals surface area (Å²) in [7, 11) is -2.18. The summed E-state index contributed by atoms with van der Waals surface area (Å²) in [5.41, 5.74) is 1.16. The number of benzene rings is 2. The molecule has 0 heterocycles. The molecule has 5 nitrogen and oxygen atoms in total. The largest absolute Gasteiger partial charge is 0.323 e. The summed E-state index contributed by atoms with van der Waals surface area (Å²) < 4.78 is 38.1. The third-order valence-electron chi connectivity index (χ3n) is 3.00. The quantitative estimate of drug-likeness (QED) is 0.825. The van der Waals surface area contributed by atoms with Crippen molar-refractivity contribution in [3.8, 4) is 0 Å². The van der Waals surface area contributed by atoms with Gasteiger partial charge in [0.05, 0.1) is 4.90 Å². The number of halogens is 1. The second-order valence-corrected chi connectivity index (χ2v) is 6.49. The minimum atomic E-state index is -3.50. The van der Waals surface area contributed by atoms with E-state index in [1.54, 1.807) is 18.2 Å². The van der Waals surface area contributed by atoms with Crippen LogP contribution >= 0.6 is 0 Å². The molecule has 0 saturated carbocycles. The van der Waals surface area contributed by atoms with Crippen molar-refractivity contribution < 1.29 is 17.6 Å². The molecule has 0 fully saturated rings. The van der Waals surface area contributed by atoms with Crippen LogP contribution in [0.1, 0.15) is 5.56 Å². The van der Waals surface area contributed by atoms with Crippen LogP contribution in [0.5, 0.6) is 0 Å². The summed E-state index contributed by atoms with van der Waals surface area (Å²) in [6.45, 7) is 0. The minimum absolute atomic E-state index is 0.111. The third kappa shape index (κ3) is 4.73. The summed E-state index contributed by atoms with van der Waals surface area (Å²) in [5.74, 6) is -0.721. The van der Waals surface area contributed by atoms with Gasteiger partial charge in [0.1, 0.15) is 5.82 Å². The van der Waals surface area contributed by atoms with Crippen molar-refractivity contribution in [3.05, 3.63) is 66.0 Å². The average molecular weight is 334 g/mol. The molecule has 7 heteroatoms. The lowest BCUT2D eigenvalue weighted by Gasteiger charge is -2.05. The molecule has 0 aromatic heterocycles. The van der Waals surface area contributed by atoms with Gasteiger partial charge in [-0.05, 0) is 55.1 Å². The number of sulfonamides is 1. The topological polar surface area (TPSA) is 75.3 Å². The summed E-state index contributed by atoms with van der Waals surface area (Å²) in [5, 5.41) is 2.61. The third-order valence-corrected chi connectivity index (χ3v) is 4.43. The number of amides is 1. The molecule has 2 rings (SSSR count). The van der Waals surface area contributed by atoms with Crippen molar-refractivity contribution in [2.45, 2.75) is 4.90 Å². The van der Waals surface area contributed by atoms with Gasteiger partial charge in [-0.3, -0.25) is 4.79 Å². The van der Waals surface area contributed by atoms with Crippen LogP contribution in [-0.2, 0) is 14.8 Å². The van der Waals surface area contributed by atoms with Crippen LogP contribution in [0.3, 0.4) is 0 Å². The molecule has 0 bridgehead atoms. The maximum atomic E-state index is 12.8. The first-order valence-electron chi connectivity index (χ1n) is 6.69. The molecule has 120 valence electrons. The van der Waals surface area contributed by atoms with Gasteiger partial charge in [0.15, 0.2) is 0 Å². The molecule has 0 aliphatic carbocycles. The zero-order valence-electron chi connectivity index (χ0n) is 12.3. The number of anilines is 1. The average Bonchev–Trinajstić information content (AvgIpc) is 2.55. The molecule has 0 atom stereocenters. The predicted octanol–water partition coefficient (Wildman–Crippen LogP) is 2.39. The van der Waals surface area contributed by atoms with Gasteiger partial charge in [-0.1, -0.05) is 12.1 Å². The van der Waals surface area contributed by atoms with E-state index in [1.807, 2.05) is 0 Å². The number of hydrogen-bond acceptors (Lipinski definition) is 3. The fourth-order valence-corrected chi connectivity index (χ4v) is 2.50. The van der Waals surface area contributed by atoms with E-state index >= 15 is 0 Å². The van der Waals surface area contributed by atoms with Crippen molar-refractivity contribution in [1.29, 1.82) is 0 Å². The van der Waals surface area contributed by atoms with Crippen LogP contribution in [0, 0.1) is 5.82 Å². The van der Waals surface area contributed by atoms with Gasteiger partial charge < -0.3 is 5.32 Å². The molecule has 0 saturated heterocycles. The molecule has 1 amide bonds. The minimum Gasteiger partial charge on any atom is -0.323 e. The smallest absolute Gasteiger partial charge is 0.248 e. The fourth-order valence-electron chi connectivity index (χ4n) is 1.77. The molecular weight excluding hydrogens is 319 g/mol. The monoisotopic (exact) mass is 334 g/mol. The Bertz CT molecular complexity index is 813. The second kappa shape index (κ2) is 7.17. The molecule has 2 N–H and O–H groups in total. The summed E-state index contributed by atoms with van der Waals surface area (Å²) in [4.78, 5) is 11.9. The lowest BCUT2D eigenvalue weighted by Crippen LogP contribution is -2.18. The molecule has 0 aliphatic rings. The van der Waals surface area contributed by atoms with Gasteiger partial charge in [-0.15, -0.1) is 0 Å². The molecule has 2 aromatic carbocycles. The summed E-state index contributed by atoms with van der Waals surface area (Å²) in [6, 6.07) is 11.5. The highest BCUT2D eigenvalue weighted by atomic mass is 32.2. The highest BCUT2D eigenvalue weighted by molar-refractivity contribution is 7.89. The number of rotatable bonds is 5. The van der Waals surface area contributed by atoms with E-state index in [9.17, 15) is 17.6 Å². The first-order chi connectivity index (χ1) is 10.9.